The number of hydrogen-bond acceptors (Lipinski definition) is 3. The van der Waals surface area contributed by atoms with Crippen LogP contribution in [0.1, 0.15) is 42.4 Å². The van der Waals surface area contributed by atoms with Gasteiger partial charge < -0.3 is 4.74 Å². The van der Waals surface area contributed by atoms with Crippen LogP contribution in [0.5, 0.6) is 0 Å². The van der Waals surface area contributed by atoms with Crippen molar-refractivity contribution in [3.8, 4) is 11.3 Å². The lowest BCUT2D eigenvalue weighted by atomic mass is 9.92. The number of aryl methyl sites for hydroxylation is 2. The van der Waals surface area contributed by atoms with Gasteiger partial charge in [0, 0.05) is 31.4 Å². The van der Waals surface area contributed by atoms with Crippen LogP contribution in [0.15, 0.2) is 24.4 Å². The maximum absolute atomic E-state index is 5.17. The lowest BCUT2D eigenvalue weighted by molar-refractivity contribution is 0.151. The zero-order valence-electron chi connectivity index (χ0n) is 15.8. The van der Waals surface area contributed by atoms with Gasteiger partial charge in [0.25, 0.3) is 0 Å². The van der Waals surface area contributed by atoms with Crippen molar-refractivity contribution in [2.45, 2.75) is 46.1 Å². The highest BCUT2D eigenvalue weighted by molar-refractivity contribution is 5.64. The predicted molar refractivity (Wildman–Crippen MR) is 103 cm³/mol. The quantitative estimate of drug-likeness (QED) is 0.762. The van der Waals surface area contributed by atoms with E-state index in [0.717, 1.165) is 19.1 Å². The Morgan fingerprint density at radius 2 is 2.00 bits per heavy atom. The van der Waals surface area contributed by atoms with Crippen LogP contribution in [0, 0.1) is 19.8 Å². The fraction of sp³-hybridized carbons (Fsp3) is 0.571. The fourth-order valence-electron chi connectivity index (χ4n) is 3.77. The molecule has 1 fully saturated rings. The molecule has 0 amide bonds. The second-order valence-electron chi connectivity index (χ2n) is 7.42. The molecule has 1 aromatic carbocycles. The molecule has 1 N–H and O–H groups in total. The molecule has 25 heavy (non-hydrogen) atoms. The van der Waals surface area contributed by atoms with Gasteiger partial charge in [-0.25, -0.2) is 0 Å². The summed E-state index contributed by atoms with van der Waals surface area (Å²) in [6.45, 7) is 8.59. The number of nitrogens with one attached hydrogen (secondary N) is 1. The van der Waals surface area contributed by atoms with E-state index in [0.29, 0.717) is 0 Å². The molecule has 0 atom stereocenters. The molecule has 3 rings (SSSR count). The molecule has 4 nitrogen and oxygen atoms in total. The third-order valence-corrected chi connectivity index (χ3v) is 5.58. The topological polar surface area (TPSA) is 41.1 Å². The first-order chi connectivity index (χ1) is 12.2. The number of aromatic amines is 1. The van der Waals surface area contributed by atoms with Crippen LogP contribution in [0.25, 0.3) is 11.3 Å². The van der Waals surface area contributed by atoms with Gasteiger partial charge >= 0.3 is 0 Å². The van der Waals surface area contributed by atoms with Crippen molar-refractivity contribution in [2.75, 3.05) is 26.8 Å². The number of rotatable bonds is 7. The van der Waals surface area contributed by atoms with E-state index >= 15 is 0 Å². The monoisotopic (exact) mass is 341 g/mol. The summed E-state index contributed by atoms with van der Waals surface area (Å²) < 4.78 is 5.17. The van der Waals surface area contributed by atoms with Crippen LogP contribution in [0.2, 0.25) is 0 Å². The van der Waals surface area contributed by atoms with Crippen molar-refractivity contribution < 1.29 is 4.74 Å². The van der Waals surface area contributed by atoms with E-state index < -0.39 is 0 Å². The normalized spacial score (nSPS) is 16.4. The van der Waals surface area contributed by atoms with E-state index in [4.69, 9.17) is 4.74 Å². The van der Waals surface area contributed by atoms with E-state index in [9.17, 15) is 0 Å². The fourth-order valence-corrected chi connectivity index (χ4v) is 3.77. The predicted octanol–water partition coefficient (Wildman–Crippen LogP) is 4.33. The second kappa shape index (κ2) is 8.63. The lowest BCUT2D eigenvalue weighted by Gasteiger charge is -2.32. The van der Waals surface area contributed by atoms with Crippen LogP contribution < -0.4 is 0 Å². The van der Waals surface area contributed by atoms with Crippen molar-refractivity contribution in [3.05, 3.63) is 41.1 Å². The summed E-state index contributed by atoms with van der Waals surface area (Å²) >= 11 is 0. The number of nitrogens with zero attached hydrogens (tertiary/aromatic N) is 2. The summed E-state index contributed by atoms with van der Waals surface area (Å²) in [5, 5.41) is 7.53. The highest BCUT2D eigenvalue weighted by Crippen LogP contribution is 2.27. The van der Waals surface area contributed by atoms with Crippen molar-refractivity contribution in [1.82, 2.24) is 15.1 Å². The van der Waals surface area contributed by atoms with Crippen LogP contribution >= 0.6 is 0 Å². The van der Waals surface area contributed by atoms with E-state index in [1.807, 2.05) is 6.20 Å². The molecule has 4 heteroatoms. The largest absolute Gasteiger partial charge is 0.385 e. The zero-order chi connectivity index (χ0) is 17.6. The first-order valence-electron chi connectivity index (χ1n) is 9.48. The van der Waals surface area contributed by atoms with Crippen molar-refractivity contribution in [1.29, 1.82) is 0 Å². The summed E-state index contributed by atoms with van der Waals surface area (Å²) in [5.41, 5.74) is 6.38. The minimum Gasteiger partial charge on any atom is -0.385 e. The molecule has 2 aromatic rings. The summed E-state index contributed by atoms with van der Waals surface area (Å²) in [7, 11) is 1.79. The molecule has 1 saturated heterocycles. The van der Waals surface area contributed by atoms with Crippen molar-refractivity contribution in [3.63, 3.8) is 0 Å². The minimum atomic E-state index is 0.870. The maximum Gasteiger partial charge on any atom is 0.0695 e. The van der Waals surface area contributed by atoms with E-state index in [2.05, 4.69) is 47.1 Å². The SMILES string of the molecule is COCCCC1CCN(Cc2cn[nH]c2-c2ccc(C)c(C)c2)CC1. The molecular weight excluding hydrogens is 310 g/mol. The summed E-state index contributed by atoms with van der Waals surface area (Å²) in [6.07, 6.45) is 7.11. The molecule has 1 aromatic heterocycles. The third kappa shape index (κ3) is 4.71. The number of H-pyrrole nitrogens is 1. The Hall–Kier alpha value is -1.65. The average molecular weight is 341 g/mol. The maximum atomic E-state index is 5.17. The van der Waals surface area contributed by atoms with Crippen LogP contribution in [0.4, 0.5) is 0 Å². The molecule has 0 spiro atoms. The van der Waals surface area contributed by atoms with E-state index in [-0.39, 0.29) is 0 Å². The summed E-state index contributed by atoms with van der Waals surface area (Å²) in [4.78, 5) is 2.57. The highest BCUT2D eigenvalue weighted by atomic mass is 16.5. The molecular formula is C21H31N3O. The Kier molecular flexibility index (Phi) is 6.27. The number of methoxy groups -OCH3 is 1. The third-order valence-electron chi connectivity index (χ3n) is 5.58. The van der Waals surface area contributed by atoms with Crippen LogP contribution in [-0.4, -0.2) is 41.9 Å². The summed E-state index contributed by atoms with van der Waals surface area (Å²) in [6, 6.07) is 6.65. The molecule has 0 saturated carbocycles. The Bertz CT molecular complexity index is 672. The molecule has 1 aliphatic rings. The number of ether oxygens (including phenoxy) is 1. The van der Waals surface area contributed by atoms with E-state index in [1.165, 1.54) is 66.7 Å². The van der Waals surface area contributed by atoms with Gasteiger partial charge in [0.15, 0.2) is 0 Å². The minimum absolute atomic E-state index is 0.870. The highest BCUT2D eigenvalue weighted by Gasteiger charge is 2.20. The van der Waals surface area contributed by atoms with Gasteiger partial charge in [-0.3, -0.25) is 10.00 Å². The Morgan fingerprint density at radius 1 is 1.20 bits per heavy atom. The molecule has 0 radical (unpaired) electrons. The number of aromatic nitrogens is 2. The molecule has 136 valence electrons. The van der Waals surface area contributed by atoms with Gasteiger partial charge in [0.1, 0.15) is 0 Å². The number of piperidine rings is 1. The molecule has 2 heterocycles. The standard InChI is InChI=1S/C21H31N3O/c1-16-6-7-19(13-17(16)2)21-20(14-22-23-21)15-24-10-8-18(9-11-24)5-4-12-25-3/h6-7,13-14,18H,4-5,8-12,15H2,1-3H3,(H,22,23). The lowest BCUT2D eigenvalue weighted by Crippen LogP contribution is -2.33. The summed E-state index contributed by atoms with van der Waals surface area (Å²) in [5.74, 6) is 0.870. The number of benzene rings is 1. The molecule has 0 unspecified atom stereocenters. The van der Waals surface area contributed by atoms with Crippen LogP contribution in [-0.2, 0) is 11.3 Å². The van der Waals surface area contributed by atoms with Gasteiger partial charge in [0.05, 0.1) is 11.9 Å². The Balaban J connectivity index is 1.58. The second-order valence-corrected chi connectivity index (χ2v) is 7.42. The van der Waals surface area contributed by atoms with Gasteiger partial charge in [0.2, 0.25) is 0 Å². The Morgan fingerprint density at radius 3 is 2.72 bits per heavy atom. The number of likely N-dealkylation sites (tertiary alicyclic amines) is 1. The zero-order valence-corrected chi connectivity index (χ0v) is 15.8. The van der Waals surface area contributed by atoms with E-state index in [1.54, 1.807) is 7.11 Å². The number of hydrogen-bond donors (Lipinski definition) is 1. The first-order valence-corrected chi connectivity index (χ1v) is 9.48. The molecule has 0 aliphatic carbocycles. The molecule has 1 aliphatic heterocycles. The molecule has 0 bridgehead atoms. The van der Waals surface area contributed by atoms with Crippen molar-refractivity contribution in [2.24, 2.45) is 5.92 Å². The van der Waals surface area contributed by atoms with Gasteiger partial charge in [-0.2, -0.15) is 5.10 Å². The van der Waals surface area contributed by atoms with Gasteiger partial charge in [-0.05, 0) is 75.7 Å². The van der Waals surface area contributed by atoms with Gasteiger partial charge in [-0.1, -0.05) is 12.1 Å². The van der Waals surface area contributed by atoms with Crippen molar-refractivity contribution >= 4 is 0 Å². The smallest absolute Gasteiger partial charge is 0.0695 e. The van der Waals surface area contributed by atoms with Crippen LogP contribution in [0.3, 0.4) is 0 Å². The average Bonchev–Trinajstić information content (AvgIpc) is 3.07. The Labute approximate surface area is 151 Å². The van der Waals surface area contributed by atoms with Gasteiger partial charge in [-0.15, -0.1) is 0 Å². The first kappa shape index (κ1) is 18.2.